The van der Waals surface area contributed by atoms with Gasteiger partial charge in [0.2, 0.25) is 5.91 Å². The van der Waals surface area contributed by atoms with Gasteiger partial charge in [-0.1, -0.05) is 0 Å². The highest BCUT2D eigenvalue weighted by Crippen LogP contribution is 2.22. The standard InChI is InChI=1S/C14H22N4O4S.C2HF3O2/c1-10(2)16-12-4-5-15-14(17-12)11-8-22-7-6-18(11)13(19)9-23(3,20)21;3-2(4,5)1(6)7/h4-5,10-11H,6-9H2,1-3H3,(H,15,16,17);(H,6,7). The zero-order valence-electron chi connectivity index (χ0n) is 16.5. The molecule has 1 atom stereocenters. The second-order valence-electron chi connectivity index (χ2n) is 6.65. The van der Waals surface area contributed by atoms with E-state index in [9.17, 15) is 26.4 Å². The van der Waals surface area contributed by atoms with Crippen LogP contribution in [0, 0.1) is 0 Å². The Hall–Kier alpha value is -2.48. The molecule has 14 heteroatoms. The number of hydrogen-bond acceptors (Lipinski definition) is 8. The number of amides is 1. The van der Waals surface area contributed by atoms with Crippen LogP contribution in [0.3, 0.4) is 0 Å². The summed E-state index contributed by atoms with van der Waals surface area (Å²) in [6.45, 7) is 4.93. The molecule has 0 saturated carbocycles. The van der Waals surface area contributed by atoms with Gasteiger partial charge >= 0.3 is 12.1 Å². The Bertz CT molecular complexity index is 848. The number of rotatable bonds is 5. The molecule has 0 aliphatic carbocycles. The van der Waals surface area contributed by atoms with Gasteiger partial charge < -0.3 is 20.1 Å². The number of carboxylic acid groups (broad SMARTS) is 1. The zero-order chi connectivity index (χ0) is 23.1. The Morgan fingerprint density at radius 1 is 1.40 bits per heavy atom. The summed E-state index contributed by atoms with van der Waals surface area (Å²) < 4.78 is 59.9. The number of sulfone groups is 1. The van der Waals surface area contributed by atoms with E-state index in [-0.39, 0.29) is 12.6 Å². The molecule has 1 fully saturated rings. The second kappa shape index (κ2) is 10.5. The van der Waals surface area contributed by atoms with Crippen LogP contribution >= 0.6 is 0 Å². The summed E-state index contributed by atoms with van der Waals surface area (Å²) >= 11 is 0. The summed E-state index contributed by atoms with van der Waals surface area (Å²) in [5, 5.41) is 10.3. The number of carbonyl (C=O) groups is 2. The van der Waals surface area contributed by atoms with Gasteiger partial charge in [0, 0.05) is 25.0 Å². The maximum Gasteiger partial charge on any atom is 0.490 e. The fourth-order valence-electron chi connectivity index (χ4n) is 2.33. The highest BCUT2D eigenvalue weighted by atomic mass is 32.2. The molecule has 30 heavy (non-hydrogen) atoms. The Labute approximate surface area is 171 Å². The van der Waals surface area contributed by atoms with E-state index in [0.29, 0.717) is 24.8 Å². The van der Waals surface area contributed by atoms with Crippen molar-refractivity contribution in [3.8, 4) is 0 Å². The molecule has 1 amide bonds. The van der Waals surface area contributed by atoms with Crippen LogP contribution in [0.2, 0.25) is 0 Å². The van der Waals surface area contributed by atoms with Gasteiger partial charge in [-0.2, -0.15) is 13.2 Å². The number of morpholine rings is 1. The molecule has 2 rings (SSSR count). The lowest BCUT2D eigenvalue weighted by molar-refractivity contribution is -0.192. The molecule has 2 heterocycles. The van der Waals surface area contributed by atoms with Crippen molar-refractivity contribution in [3.63, 3.8) is 0 Å². The van der Waals surface area contributed by atoms with Gasteiger partial charge in [-0.15, -0.1) is 0 Å². The Morgan fingerprint density at radius 3 is 2.50 bits per heavy atom. The molecule has 10 nitrogen and oxygen atoms in total. The van der Waals surface area contributed by atoms with E-state index in [2.05, 4.69) is 15.3 Å². The molecule has 0 bridgehead atoms. The molecule has 1 unspecified atom stereocenters. The van der Waals surface area contributed by atoms with Gasteiger partial charge in [-0.05, 0) is 19.9 Å². The largest absolute Gasteiger partial charge is 0.490 e. The molecule has 2 N–H and O–H groups in total. The minimum Gasteiger partial charge on any atom is -0.475 e. The summed E-state index contributed by atoms with van der Waals surface area (Å²) in [5.74, 6) is -2.63. The third-order valence-corrected chi connectivity index (χ3v) is 4.26. The number of ether oxygens (including phenoxy) is 1. The molecule has 1 aromatic heterocycles. The minimum atomic E-state index is -5.08. The van der Waals surface area contributed by atoms with Crippen molar-refractivity contribution >= 4 is 27.5 Å². The first-order chi connectivity index (χ1) is 13.7. The Kier molecular flexibility index (Phi) is 8.96. The van der Waals surface area contributed by atoms with Crippen LogP contribution < -0.4 is 5.32 Å². The number of nitrogens with one attached hydrogen (secondary N) is 1. The maximum atomic E-state index is 12.3. The van der Waals surface area contributed by atoms with E-state index in [0.717, 1.165) is 6.26 Å². The first-order valence-electron chi connectivity index (χ1n) is 8.65. The molecule has 1 aliphatic heterocycles. The molecule has 1 aromatic rings. The van der Waals surface area contributed by atoms with Crippen LogP contribution in [0.5, 0.6) is 0 Å². The number of nitrogens with zero attached hydrogens (tertiary/aromatic N) is 3. The average Bonchev–Trinajstić information content (AvgIpc) is 2.59. The smallest absolute Gasteiger partial charge is 0.475 e. The van der Waals surface area contributed by atoms with Crippen molar-refractivity contribution in [1.29, 1.82) is 0 Å². The Balaban J connectivity index is 0.000000553. The van der Waals surface area contributed by atoms with Gasteiger partial charge in [0.1, 0.15) is 17.6 Å². The van der Waals surface area contributed by atoms with Crippen molar-refractivity contribution in [2.45, 2.75) is 32.1 Å². The van der Waals surface area contributed by atoms with Gasteiger partial charge in [0.05, 0.1) is 13.2 Å². The van der Waals surface area contributed by atoms with E-state index in [4.69, 9.17) is 14.6 Å². The summed E-state index contributed by atoms with van der Waals surface area (Å²) in [6, 6.07) is 1.48. The third-order valence-electron chi connectivity index (χ3n) is 3.49. The van der Waals surface area contributed by atoms with Crippen LogP contribution in [-0.2, 0) is 24.2 Å². The summed E-state index contributed by atoms with van der Waals surface area (Å²) in [5.41, 5.74) is 0. The predicted octanol–water partition coefficient (Wildman–Crippen LogP) is 0.875. The maximum absolute atomic E-state index is 12.3. The van der Waals surface area contributed by atoms with Crippen molar-refractivity contribution in [1.82, 2.24) is 14.9 Å². The van der Waals surface area contributed by atoms with Crippen molar-refractivity contribution in [3.05, 3.63) is 18.1 Å². The zero-order valence-corrected chi connectivity index (χ0v) is 17.3. The number of aromatic nitrogens is 2. The summed E-state index contributed by atoms with van der Waals surface area (Å²) in [7, 11) is -3.39. The SMILES string of the molecule is CC(C)Nc1ccnc(C2COCCN2C(=O)CS(C)(=O)=O)n1.O=C(O)C(F)(F)F. The van der Waals surface area contributed by atoms with Crippen LogP contribution in [0.4, 0.5) is 19.0 Å². The normalized spacial score (nSPS) is 17.2. The van der Waals surface area contributed by atoms with Crippen LogP contribution in [0.1, 0.15) is 25.7 Å². The van der Waals surface area contributed by atoms with E-state index in [1.165, 1.54) is 4.90 Å². The lowest BCUT2D eigenvalue weighted by atomic mass is 10.2. The van der Waals surface area contributed by atoms with Crippen LogP contribution in [0.15, 0.2) is 12.3 Å². The first kappa shape index (κ1) is 25.6. The molecular weight excluding hydrogens is 433 g/mol. The van der Waals surface area contributed by atoms with Crippen molar-refractivity contribution in [2.75, 3.05) is 37.1 Å². The van der Waals surface area contributed by atoms with Crippen LogP contribution in [0.25, 0.3) is 0 Å². The van der Waals surface area contributed by atoms with Gasteiger partial charge in [-0.3, -0.25) is 4.79 Å². The van der Waals surface area contributed by atoms with Crippen molar-refractivity contribution in [2.24, 2.45) is 0 Å². The van der Waals surface area contributed by atoms with E-state index in [1.54, 1.807) is 12.3 Å². The number of carboxylic acids is 1. The second-order valence-corrected chi connectivity index (χ2v) is 8.79. The van der Waals surface area contributed by atoms with Gasteiger partial charge in [-0.25, -0.2) is 23.2 Å². The van der Waals surface area contributed by atoms with E-state index >= 15 is 0 Å². The van der Waals surface area contributed by atoms with Gasteiger partial charge in [0.25, 0.3) is 0 Å². The lowest BCUT2D eigenvalue weighted by Gasteiger charge is -2.34. The fourth-order valence-corrected chi connectivity index (χ4v) is 2.95. The van der Waals surface area contributed by atoms with Crippen LogP contribution in [-0.4, -0.2) is 84.3 Å². The highest BCUT2D eigenvalue weighted by Gasteiger charge is 2.38. The minimum absolute atomic E-state index is 0.211. The molecule has 0 radical (unpaired) electrons. The fraction of sp³-hybridized carbons (Fsp3) is 0.625. The van der Waals surface area contributed by atoms with Crippen molar-refractivity contribution < 1.29 is 41.0 Å². The highest BCUT2D eigenvalue weighted by molar-refractivity contribution is 7.91. The summed E-state index contributed by atoms with van der Waals surface area (Å²) in [4.78, 5) is 31.3. The first-order valence-corrected chi connectivity index (χ1v) is 10.7. The Morgan fingerprint density at radius 2 is 2.00 bits per heavy atom. The molecule has 0 spiro atoms. The number of alkyl halides is 3. The quantitative estimate of drug-likeness (QED) is 0.661. The molecule has 0 aromatic carbocycles. The average molecular weight is 456 g/mol. The topological polar surface area (TPSA) is 139 Å². The molecule has 1 aliphatic rings. The number of anilines is 1. The predicted molar refractivity (Wildman–Crippen MR) is 99.5 cm³/mol. The number of aliphatic carboxylic acids is 1. The summed E-state index contributed by atoms with van der Waals surface area (Å²) in [6.07, 6.45) is -2.43. The number of halogens is 3. The van der Waals surface area contributed by atoms with E-state index in [1.807, 2.05) is 13.8 Å². The molecule has 1 saturated heterocycles. The number of carbonyl (C=O) groups excluding carboxylic acids is 1. The third kappa shape index (κ3) is 8.90. The number of hydrogen-bond donors (Lipinski definition) is 2. The monoisotopic (exact) mass is 456 g/mol. The molecular formula is C16H23F3N4O6S. The van der Waals surface area contributed by atoms with Gasteiger partial charge in [0.15, 0.2) is 15.7 Å². The van der Waals surface area contributed by atoms with E-state index < -0.39 is 39.7 Å². The molecule has 170 valence electrons. The lowest BCUT2D eigenvalue weighted by Crippen LogP contribution is -2.46.